The van der Waals surface area contributed by atoms with Crippen LogP contribution < -0.4 is 0 Å². The zero-order valence-corrected chi connectivity index (χ0v) is 13.8. The lowest BCUT2D eigenvalue weighted by molar-refractivity contribution is 0.0604. The van der Waals surface area contributed by atoms with E-state index in [2.05, 4.69) is 48.3 Å². The molecule has 1 saturated heterocycles. The Hall–Kier alpha value is -1.80. The molecule has 2 fully saturated rings. The lowest BCUT2D eigenvalue weighted by Gasteiger charge is -2.52. The van der Waals surface area contributed by atoms with Gasteiger partial charge in [0.1, 0.15) is 5.75 Å². The van der Waals surface area contributed by atoms with Gasteiger partial charge in [-0.25, -0.2) is 0 Å². The van der Waals surface area contributed by atoms with Crippen LogP contribution in [0, 0.1) is 0 Å². The highest BCUT2D eigenvalue weighted by Crippen LogP contribution is 2.51. The molecule has 4 rings (SSSR count). The van der Waals surface area contributed by atoms with E-state index in [0.29, 0.717) is 17.7 Å². The molecule has 2 aliphatic rings. The molecule has 0 amide bonds. The number of hydrogen-bond donors (Lipinski definition) is 1. The summed E-state index contributed by atoms with van der Waals surface area (Å²) in [6.07, 6.45) is 4.86. The number of phenols is 1. The number of phenolic OH excluding ortho intramolecular Hbond substituents is 1. The van der Waals surface area contributed by atoms with E-state index in [0.717, 1.165) is 6.54 Å². The largest absolute Gasteiger partial charge is 0.508 e. The lowest BCUT2D eigenvalue weighted by atomic mass is 9.59. The predicted molar refractivity (Wildman–Crippen MR) is 93.9 cm³/mol. The summed E-state index contributed by atoms with van der Waals surface area (Å²) in [5, 5.41) is 9.96. The zero-order valence-electron chi connectivity index (χ0n) is 13.8. The van der Waals surface area contributed by atoms with Gasteiger partial charge in [0.2, 0.25) is 0 Å². The van der Waals surface area contributed by atoms with Crippen LogP contribution >= 0.6 is 0 Å². The van der Waals surface area contributed by atoms with Gasteiger partial charge in [-0.2, -0.15) is 0 Å². The molecule has 3 atom stereocenters. The number of hydrogen-bond acceptors (Lipinski definition) is 2. The molecule has 1 saturated carbocycles. The molecule has 1 N–H and O–H groups in total. The molecular weight excluding hydrogens is 282 g/mol. The minimum Gasteiger partial charge on any atom is -0.508 e. The smallest absolute Gasteiger partial charge is 0.115 e. The van der Waals surface area contributed by atoms with Gasteiger partial charge in [-0.1, -0.05) is 42.5 Å². The van der Waals surface area contributed by atoms with Gasteiger partial charge >= 0.3 is 0 Å². The molecule has 2 nitrogen and oxygen atoms in total. The summed E-state index contributed by atoms with van der Waals surface area (Å²) in [5.74, 6) is 1.01. The molecule has 0 spiro atoms. The van der Waals surface area contributed by atoms with Crippen LogP contribution in [0.15, 0.2) is 54.6 Å². The van der Waals surface area contributed by atoms with E-state index in [4.69, 9.17) is 0 Å². The summed E-state index contributed by atoms with van der Waals surface area (Å²) in [6, 6.07) is 19.6. The third-order valence-electron chi connectivity index (χ3n) is 6.12. The van der Waals surface area contributed by atoms with Crippen LogP contribution in [-0.2, 0) is 5.41 Å². The van der Waals surface area contributed by atoms with Crippen LogP contribution in [0.1, 0.15) is 42.7 Å². The van der Waals surface area contributed by atoms with E-state index in [1.54, 1.807) is 6.07 Å². The molecule has 2 aromatic rings. The lowest BCUT2D eigenvalue weighted by Crippen LogP contribution is -2.51. The molecule has 1 heterocycles. The van der Waals surface area contributed by atoms with Crippen LogP contribution in [0.2, 0.25) is 0 Å². The maximum Gasteiger partial charge on any atom is 0.115 e. The zero-order chi connectivity index (χ0) is 15.9. The number of aromatic hydroxyl groups is 1. The van der Waals surface area contributed by atoms with Crippen molar-refractivity contribution in [3.05, 3.63) is 65.7 Å². The van der Waals surface area contributed by atoms with Gasteiger partial charge in [0.25, 0.3) is 0 Å². The highest BCUT2D eigenvalue weighted by atomic mass is 16.3. The maximum atomic E-state index is 9.96. The molecule has 120 valence electrons. The summed E-state index contributed by atoms with van der Waals surface area (Å²) < 4.78 is 0. The Morgan fingerprint density at radius 2 is 1.87 bits per heavy atom. The number of rotatable bonds is 2. The quantitative estimate of drug-likeness (QED) is 0.894. The van der Waals surface area contributed by atoms with Gasteiger partial charge in [-0.15, -0.1) is 0 Å². The first-order chi connectivity index (χ1) is 11.2. The van der Waals surface area contributed by atoms with E-state index >= 15 is 0 Å². The predicted octanol–water partition coefficient (Wildman–Crippen LogP) is 4.30. The van der Waals surface area contributed by atoms with Crippen molar-refractivity contribution in [3.63, 3.8) is 0 Å². The summed E-state index contributed by atoms with van der Waals surface area (Å²) in [7, 11) is 2.27. The van der Waals surface area contributed by atoms with Crippen molar-refractivity contribution in [2.24, 2.45) is 0 Å². The van der Waals surface area contributed by atoms with Gasteiger partial charge in [0.05, 0.1) is 0 Å². The Labute approximate surface area is 138 Å². The topological polar surface area (TPSA) is 23.5 Å². The first-order valence-corrected chi connectivity index (χ1v) is 8.71. The standard InChI is InChI=1S/C21H25NO/c1-22-11-10-21(18-8-5-9-20(23)13-18)14-17(12-19(22)15-21)16-6-3-2-4-7-16/h2-9,13,17,19,23H,10-12,14-15H2,1H3/t17-,19+,21-/m0/s1. The average molecular weight is 307 g/mol. The van der Waals surface area contributed by atoms with E-state index in [1.165, 1.54) is 36.8 Å². The molecule has 1 aliphatic heterocycles. The van der Waals surface area contributed by atoms with Crippen molar-refractivity contribution < 1.29 is 5.11 Å². The summed E-state index contributed by atoms with van der Waals surface area (Å²) >= 11 is 0. The molecule has 23 heavy (non-hydrogen) atoms. The molecular formula is C21H25NO. The molecule has 0 unspecified atom stereocenters. The van der Waals surface area contributed by atoms with Crippen molar-refractivity contribution in [2.75, 3.05) is 13.6 Å². The summed E-state index contributed by atoms with van der Waals surface area (Å²) in [5.41, 5.74) is 3.02. The Balaban J connectivity index is 1.73. The monoisotopic (exact) mass is 307 g/mol. The highest BCUT2D eigenvalue weighted by molar-refractivity contribution is 5.36. The van der Waals surface area contributed by atoms with Crippen LogP contribution in [0.4, 0.5) is 0 Å². The first kappa shape index (κ1) is 14.8. The van der Waals surface area contributed by atoms with Crippen LogP contribution in [0.25, 0.3) is 0 Å². The second kappa shape index (κ2) is 5.68. The van der Waals surface area contributed by atoms with Gasteiger partial charge in [-0.3, -0.25) is 0 Å². The Kier molecular flexibility index (Phi) is 3.65. The van der Waals surface area contributed by atoms with E-state index in [1.807, 2.05) is 12.1 Å². The van der Waals surface area contributed by atoms with Crippen molar-refractivity contribution >= 4 is 0 Å². The fourth-order valence-corrected chi connectivity index (χ4v) is 4.81. The number of fused-ring (bicyclic) bond motifs is 2. The third kappa shape index (κ3) is 2.66. The molecule has 2 bridgehead atoms. The first-order valence-electron chi connectivity index (χ1n) is 8.71. The molecule has 2 aromatic carbocycles. The van der Waals surface area contributed by atoms with Gasteiger partial charge in [0, 0.05) is 6.04 Å². The van der Waals surface area contributed by atoms with Crippen LogP contribution in [0.5, 0.6) is 5.75 Å². The van der Waals surface area contributed by atoms with Gasteiger partial charge in [-0.05, 0) is 73.9 Å². The van der Waals surface area contributed by atoms with Crippen molar-refractivity contribution in [1.29, 1.82) is 0 Å². The minimum absolute atomic E-state index is 0.217. The normalized spacial score (nSPS) is 31.0. The van der Waals surface area contributed by atoms with E-state index < -0.39 is 0 Å². The van der Waals surface area contributed by atoms with Crippen molar-refractivity contribution in [2.45, 2.75) is 43.1 Å². The molecule has 1 aliphatic carbocycles. The minimum atomic E-state index is 0.217. The SMILES string of the molecule is CN1CC[C@]2(c3cccc(O)c3)C[C@@H](c3ccccc3)C[C@@H]1C2. The molecule has 0 aromatic heterocycles. The number of benzene rings is 2. The second-order valence-corrected chi connectivity index (χ2v) is 7.47. The summed E-state index contributed by atoms with van der Waals surface area (Å²) in [6.45, 7) is 1.15. The van der Waals surface area contributed by atoms with Crippen molar-refractivity contribution in [1.82, 2.24) is 4.90 Å². The Morgan fingerprint density at radius 1 is 1.04 bits per heavy atom. The van der Waals surface area contributed by atoms with Gasteiger partial charge < -0.3 is 10.0 Å². The third-order valence-corrected chi connectivity index (χ3v) is 6.12. The average Bonchev–Trinajstić information content (AvgIpc) is 2.59. The number of nitrogens with zero attached hydrogens (tertiary/aromatic N) is 1. The van der Waals surface area contributed by atoms with E-state index in [9.17, 15) is 5.11 Å². The fourth-order valence-electron chi connectivity index (χ4n) is 4.81. The van der Waals surface area contributed by atoms with E-state index in [-0.39, 0.29) is 5.41 Å². The number of piperidine rings is 1. The van der Waals surface area contributed by atoms with Crippen LogP contribution in [0.3, 0.4) is 0 Å². The maximum absolute atomic E-state index is 9.96. The number of likely N-dealkylation sites (tertiary alicyclic amines) is 1. The Morgan fingerprint density at radius 3 is 2.65 bits per heavy atom. The Bertz CT molecular complexity index is 683. The fraction of sp³-hybridized carbons (Fsp3) is 0.429. The van der Waals surface area contributed by atoms with Crippen molar-refractivity contribution in [3.8, 4) is 5.75 Å². The van der Waals surface area contributed by atoms with Gasteiger partial charge in [0.15, 0.2) is 0 Å². The second-order valence-electron chi connectivity index (χ2n) is 7.47. The van der Waals surface area contributed by atoms with Crippen LogP contribution in [-0.4, -0.2) is 29.6 Å². The molecule has 2 heteroatoms. The highest BCUT2D eigenvalue weighted by Gasteiger charge is 2.46. The molecule has 0 radical (unpaired) electrons. The summed E-state index contributed by atoms with van der Waals surface area (Å²) in [4.78, 5) is 2.54.